The fraction of sp³-hybridized carbons (Fsp3) is 0.357. The van der Waals surface area contributed by atoms with Crippen LogP contribution in [0.2, 0.25) is 0 Å². The van der Waals surface area contributed by atoms with Gasteiger partial charge in [0.2, 0.25) is 5.91 Å². The maximum absolute atomic E-state index is 11.8. The summed E-state index contributed by atoms with van der Waals surface area (Å²) in [6, 6.07) is 3.86. The third kappa shape index (κ3) is 3.64. The first kappa shape index (κ1) is 13.3. The van der Waals surface area contributed by atoms with Gasteiger partial charge in [-0.05, 0) is 31.9 Å². The van der Waals surface area contributed by atoms with Gasteiger partial charge >= 0.3 is 0 Å². The van der Waals surface area contributed by atoms with Gasteiger partial charge in [-0.1, -0.05) is 6.07 Å². The quantitative estimate of drug-likeness (QED) is 0.857. The molecule has 2 aromatic rings. The van der Waals surface area contributed by atoms with Gasteiger partial charge in [0.25, 0.3) is 0 Å². The van der Waals surface area contributed by atoms with Crippen molar-refractivity contribution in [1.29, 1.82) is 0 Å². The third-order valence-corrected chi connectivity index (χ3v) is 3.11. The smallest absolute Gasteiger partial charge is 0.220 e. The van der Waals surface area contributed by atoms with Gasteiger partial charge in [0.05, 0.1) is 5.69 Å². The van der Waals surface area contributed by atoms with Gasteiger partial charge in [0, 0.05) is 36.6 Å². The van der Waals surface area contributed by atoms with Crippen LogP contribution in [0.15, 0.2) is 24.5 Å². The number of hydrogen-bond acceptors (Lipinski definition) is 3. The molecule has 0 aliphatic carbocycles. The monoisotopic (exact) mass is 258 g/mol. The van der Waals surface area contributed by atoms with Gasteiger partial charge in [-0.2, -0.15) is 5.10 Å². The molecule has 0 aliphatic rings. The molecule has 2 heterocycles. The largest absolute Gasteiger partial charge is 0.352 e. The Bertz CT molecular complexity index is 528. The van der Waals surface area contributed by atoms with Crippen molar-refractivity contribution in [3.05, 3.63) is 47.0 Å². The molecule has 0 unspecified atom stereocenters. The lowest BCUT2D eigenvalue weighted by Gasteiger charge is -2.05. The van der Waals surface area contributed by atoms with Crippen LogP contribution >= 0.6 is 0 Å². The Balaban J connectivity index is 1.79. The molecule has 100 valence electrons. The maximum Gasteiger partial charge on any atom is 0.220 e. The van der Waals surface area contributed by atoms with Gasteiger partial charge in [0.1, 0.15) is 0 Å². The SMILES string of the molecule is Cc1n[nH]c(C)c1CNC(=O)CCc1cccnc1. The van der Waals surface area contributed by atoms with Crippen LogP contribution in [0.5, 0.6) is 0 Å². The lowest BCUT2D eigenvalue weighted by atomic mass is 10.1. The Hall–Kier alpha value is -2.17. The standard InChI is InChI=1S/C14H18N4O/c1-10-13(11(2)18-17-10)9-16-14(19)6-5-12-4-3-7-15-8-12/h3-4,7-8H,5-6,9H2,1-2H3,(H,16,19)(H,17,18). The van der Waals surface area contributed by atoms with Crippen molar-refractivity contribution in [2.45, 2.75) is 33.2 Å². The van der Waals surface area contributed by atoms with Crippen molar-refractivity contribution in [2.24, 2.45) is 0 Å². The van der Waals surface area contributed by atoms with Gasteiger partial charge < -0.3 is 5.32 Å². The van der Waals surface area contributed by atoms with Crippen LogP contribution in [0.3, 0.4) is 0 Å². The molecule has 0 aromatic carbocycles. The predicted molar refractivity (Wildman–Crippen MR) is 72.5 cm³/mol. The molecule has 0 radical (unpaired) electrons. The number of aryl methyl sites for hydroxylation is 3. The fourth-order valence-electron chi connectivity index (χ4n) is 1.91. The van der Waals surface area contributed by atoms with E-state index in [9.17, 15) is 4.79 Å². The second-order valence-corrected chi connectivity index (χ2v) is 4.55. The zero-order chi connectivity index (χ0) is 13.7. The van der Waals surface area contributed by atoms with E-state index < -0.39 is 0 Å². The van der Waals surface area contributed by atoms with Crippen LogP contribution < -0.4 is 5.32 Å². The minimum Gasteiger partial charge on any atom is -0.352 e. The molecule has 0 fully saturated rings. The molecule has 5 heteroatoms. The number of hydrogen-bond donors (Lipinski definition) is 2. The lowest BCUT2D eigenvalue weighted by molar-refractivity contribution is -0.121. The number of nitrogens with zero attached hydrogens (tertiary/aromatic N) is 2. The van der Waals surface area contributed by atoms with Crippen molar-refractivity contribution in [3.8, 4) is 0 Å². The van der Waals surface area contributed by atoms with Crippen molar-refractivity contribution in [2.75, 3.05) is 0 Å². The average Bonchev–Trinajstić information content (AvgIpc) is 2.75. The van der Waals surface area contributed by atoms with Crippen molar-refractivity contribution in [1.82, 2.24) is 20.5 Å². The highest BCUT2D eigenvalue weighted by Crippen LogP contribution is 2.08. The molecule has 0 spiro atoms. The van der Waals surface area contributed by atoms with Crippen LogP contribution in [0, 0.1) is 13.8 Å². The van der Waals surface area contributed by atoms with Gasteiger partial charge in [-0.15, -0.1) is 0 Å². The summed E-state index contributed by atoms with van der Waals surface area (Å²) in [6.07, 6.45) is 4.70. The predicted octanol–water partition coefficient (Wildman–Crippen LogP) is 1.67. The van der Waals surface area contributed by atoms with Gasteiger partial charge in [-0.25, -0.2) is 0 Å². The number of amides is 1. The normalized spacial score (nSPS) is 10.4. The number of pyridine rings is 1. The van der Waals surface area contributed by atoms with E-state index in [1.807, 2.05) is 26.0 Å². The fourth-order valence-corrected chi connectivity index (χ4v) is 1.91. The summed E-state index contributed by atoms with van der Waals surface area (Å²) in [5.41, 5.74) is 4.08. The molecule has 2 N–H and O–H groups in total. The van der Waals surface area contributed by atoms with Crippen LogP contribution in [-0.2, 0) is 17.8 Å². The summed E-state index contributed by atoms with van der Waals surface area (Å²) in [7, 11) is 0. The second-order valence-electron chi connectivity index (χ2n) is 4.55. The number of carbonyl (C=O) groups is 1. The Morgan fingerprint density at radius 1 is 1.42 bits per heavy atom. The topological polar surface area (TPSA) is 70.7 Å². The molecule has 19 heavy (non-hydrogen) atoms. The lowest BCUT2D eigenvalue weighted by Crippen LogP contribution is -2.23. The number of aromatic nitrogens is 3. The highest BCUT2D eigenvalue weighted by molar-refractivity contribution is 5.76. The van der Waals surface area contributed by atoms with Gasteiger partial charge in [-0.3, -0.25) is 14.9 Å². The number of H-pyrrole nitrogens is 1. The summed E-state index contributed by atoms with van der Waals surface area (Å²) in [4.78, 5) is 15.8. The van der Waals surface area contributed by atoms with E-state index >= 15 is 0 Å². The first-order valence-corrected chi connectivity index (χ1v) is 6.33. The minimum absolute atomic E-state index is 0.0452. The van der Waals surface area contributed by atoms with E-state index in [0.29, 0.717) is 19.4 Å². The minimum atomic E-state index is 0.0452. The molecule has 0 aliphatic heterocycles. The average molecular weight is 258 g/mol. The molecule has 0 bridgehead atoms. The first-order chi connectivity index (χ1) is 9.16. The summed E-state index contributed by atoms with van der Waals surface area (Å²) >= 11 is 0. The van der Waals surface area contributed by atoms with E-state index in [1.165, 1.54) is 0 Å². The van der Waals surface area contributed by atoms with E-state index in [0.717, 1.165) is 22.5 Å². The molecule has 1 amide bonds. The molecule has 2 aromatic heterocycles. The summed E-state index contributed by atoms with van der Waals surface area (Å²) < 4.78 is 0. The Morgan fingerprint density at radius 2 is 2.26 bits per heavy atom. The zero-order valence-electron chi connectivity index (χ0n) is 11.2. The molecule has 0 saturated heterocycles. The molecule has 0 saturated carbocycles. The van der Waals surface area contributed by atoms with E-state index in [2.05, 4.69) is 20.5 Å². The van der Waals surface area contributed by atoms with Crippen LogP contribution in [-0.4, -0.2) is 21.1 Å². The van der Waals surface area contributed by atoms with Gasteiger partial charge in [0.15, 0.2) is 0 Å². The van der Waals surface area contributed by atoms with E-state index in [1.54, 1.807) is 12.4 Å². The second kappa shape index (κ2) is 6.13. The summed E-state index contributed by atoms with van der Waals surface area (Å²) in [6.45, 7) is 4.41. The maximum atomic E-state index is 11.8. The summed E-state index contributed by atoms with van der Waals surface area (Å²) in [5, 5.41) is 9.93. The molecule has 5 nitrogen and oxygen atoms in total. The van der Waals surface area contributed by atoms with Crippen LogP contribution in [0.1, 0.15) is 28.9 Å². The number of carbonyl (C=O) groups excluding carboxylic acids is 1. The highest BCUT2D eigenvalue weighted by atomic mass is 16.1. The first-order valence-electron chi connectivity index (χ1n) is 6.33. The van der Waals surface area contributed by atoms with Crippen LogP contribution in [0.25, 0.3) is 0 Å². The number of aromatic amines is 1. The number of rotatable bonds is 5. The van der Waals surface area contributed by atoms with Crippen molar-refractivity contribution < 1.29 is 4.79 Å². The van der Waals surface area contributed by atoms with E-state index in [4.69, 9.17) is 0 Å². The Labute approximate surface area is 112 Å². The van der Waals surface area contributed by atoms with E-state index in [-0.39, 0.29) is 5.91 Å². The molecule has 2 rings (SSSR count). The molecular formula is C14H18N4O. The summed E-state index contributed by atoms with van der Waals surface area (Å²) in [5.74, 6) is 0.0452. The van der Waals surface area contributed by atoms with Crippen LogP contribution in [0.4, 0.5) is 0 Å². The zero-order valence-corrected chi connectivity index (χ0v) is 11.2. The molecular weight excluding hydrogens is 240 g/mol. The van der Waals surface area contributed by atoms with Crippen molar-refractivity contribution in [3.63, 3.8) is 0 Å². The highest BCUT2D eigenvalue weighted by Gasteiger charge is 2.08. The third-order valence-electron chi connectivity index (χ3n) is 3.11. The Morgan fingerprint density at radius 3 is 2.89 bits per heavy atom. The van der Waals surface area contributed by atoms with Crippen molar-refractivity contribution >= 4 is 5.91 Å². The Kier molecular flexibility index (Phi) is 4.28. The number of nitrogens with one attached hydrogen (secondary N) is 2. The molecule has 0 atom stereocenters.